The molecule has 1 aromatic carbocycles. The highest BCUT2D eigenvalue weighted by molar-refractivity contribution is 5.24. The first-order valence-corrected chi connectivity index (χ1v) is 4.60. The Morgan fingerprint density at radius 1 is 1.20 bits per heavy atom. The van der Waals surface area contributed by atoms with Crippen molar-refractivity contribution in [1.29, 1.82) is 0 Å². The summed E-state index contributed by atoms with van der Waals surface area (Å²) >= 11 is 0. The summed E-state index contributed by atoms with van der Waals surface area (Å²) in [5.74, 6) is -3.20. The van der Waals surface area contributed by atoms with Crippen molar-refractivity contribution in [2.45, 2.75) is 18.6 Å². The molecule has 1 aliphatic heterocycles. The lowest BCUT2D eigenvalue weighted by Crippen LogP contribution is -2.16. The van der Waals surface area contributed by atoms with Crippen LogP contribution in [0, 0.1) is 17.5 Å². The minimum absolute atomic E-state index is 0.0415. The molecule has 2 atom stereocenters. The minimum atomic E-state index is -1.24. The van der Waals surface area contributed by atoms with Gasteiger partial charge in [-0.2, -0.15) is 0 Å². The molecule has 82 valence electrons. The molecule has 0 radical (unpaired) electrons. The number of benzene rings is 1. The fourth-order valence-corrected chi connectivity index (χ4v) is 1.76. The van der Waals surface area contributed by atoms with Gasteiger partial charge in [-0.25, -0.2) is 17.6 Å². The topological polar surface area (TPSA) is 12.0 Å². The molecule has 0 aromatic heterocycles. The second-order valence-corrected chi connectivity index (χ2v) is 3.58. The van der Waals surface area contributed by atoms with Gasteiger partial charge in [0.1, 0.15) is 12.0 Å². The monoisotopic (exact) mass is 219 g/mol. The molecule has 2 rings (SSSR count). The van der Waals surface area contributed by atoms with Crippen molar-refractivity contribution in [1.82, 2.24) is 5.32 Å². The van der Waals surface area contributed by atoms with Crippen LogP contribution in [0.2, 0.25) is 0 Å². The summed E-state index contributed by atoms with van der Waals surface area (Å²) < 4.78 is 51.8. The SMILES string of the molecule is Fc1cc(F)c(F)c([C@H]2C[C@H](F)CN2)c1. The van der Waals surface area contributed by atoms with E-state index in [0.717, 1.165) is 6.07 Å². The lowest BCUT2D eigenvalue weighted by molar-refractivity contribution is 0.354. The van der Waals surface area contributed by atoms with Gasteiger partial charge in [0.15, 0.2) is 11.6 Å². The van der Waals surface area contributed by atoms with Gasteiger partial charge in [-0.1, -0.05) is 0 Å². The zero-order valence-corrected chi connectivity index (χ0v) is 7.74. The third-order valence-corrected chi connectivity index (χ3v) is 2.47. The second kappa shape index (κ2) is 3.81. The minimum Gasteiger partial charge on any atom is -0.307 e. The lowest BCUT2D eigenvalue weighted by atomic mass is 10.0. The number of nitrogens with one attached hydrogen (secondary N) is 1. The molecule has 0 unspecified atom stereocenters. The molecule has 1 saturated heterocycles. The summed E-state index contributed by atoms with van der Waals surface area (Å²) in [6.07, 6.45) is -1.06. The molecular formula is C10H9F4N. The van der Waals surface area contributed by atoms with E-state index in [1.54, 1.807) is 0 Å². The van der Waals surface area contributed by atoms with Crippen LogP contribution >= 0.6 is 0 Å². The Kier molecular flexibility index (Phi) is 2.65. The zero-order chi connectivity index (χ0) is 11.0. The average Bonchev–Trinajstić information content (AvgIpc) is 2.58. The van der Waals surface area contributed by atoms with E-state index < -0.39 is 29.7 Å². The first-order valence-electron chi connectivity index (χ1n) is 4.60. The molecule has 0 bridgehead atoms. The van der Waals surface area contributed by atoms with Crippen molar-refractivity contribution in [2.24, 2.45) is 0 Å². The largest absolute Gasteiger partial charge is 0.307 e. The van der Waals surface area contributed by atoms with E-state index in [2.05, 4.69) is 5.32 Å². The molecular weight excluding hydrogens is 210 g/mol. The van der Waals surface area contributed by atoms with Crippen molar-refractivity contribution >= 4 is 0 Å². The first kappa shape index (κ1) is 10.4. The van der Waals surface area contributed by atoms with E-state index in [1.807, 2.05) is 0 Å². The molecule has 1 heterocycles. The molecule has 0 saturated carbocycles. The van der Waals surface area contributed by atoms with Gasteiger partial charge in [-0.15, -0.1) is 0 Å². The summed E-state index contributed by atoms with van der Waals surface area (Å²) in [5, 5.41) is 2.67. The van der Waals surface area contributed by atoms with Gasteiger partial charge >= 0.3 is 0 Å². The number of halogens is 4. The molecule has 0 aliphatic carbocycles. The van der Waals surface area contributed by atoms with Crippen LogP contribution in [0.25, 0.3) is 0 Å². The van der Waals surface area contributed by atoms with Gasteiger partial charge in [-0.05, 0) is 12.5 Å². The number of rotatable bonds is 1. The first-order chi connectivity index (χ1) is 7.08. The Labute approximate surface area is 84.1 Å². The Morgan fingerprint density at radius 3 is 2.53 bits per heavy atom. The molecule has 1 N–H and O–H groups in total. The Hall–Kier alpha value is -1.10. The second-order valence-electron chi connectivity index (χ2n) is 3.58. The Balaban J connectivity index is 2.35. The maximum absolute atomic E-state index is 13.3. The van der Waals surface area contributed by atoms with Crippen LogP contribution in [-0.4, -0.2) is 12.7 Å². The predicted molar refractivity (Wildman–Crippen MR) is 46.6 cm³/mol. The standard InChI is InChI=1S/C10H9F4N/c11-5-1-7(10(14)8(13)2-5)9-3-6(12)4-15-9/h1-2,6,9,15H,3-4H2/t6-,9+/m0/s1. The molecule has 0 amide bonds. The van der Waals surface area contributed by atoms with Crippen molar-refractivity contribution in [3.8, 4) is 0 Å². The zero-order valence-electron chi connectivity index (χ0n) is 7.74. The van der Waals surface area contributed by atoms with E-state index in [4.69, 9.17) is 0 Å². The highest BCUT2D eigenvalue weighted by atomic mass is 19.2. The molecule has 15 heavy (non-hydrogen) atoms. The molecule has 1 fully saturated rings. The lowest BCUT2D eigenvalue weighted by Gasteiger charge is -2.11. The summed E-state index contributed by atoms with van der Waals surface area (Å²) in [6.45, 7) is 0.0856. The van der Waals surface area contributed by atoms with Gasteiger partial charge in [0.05, 0.1) is 0 Å². The van der Waals surface area contributed by atoms with Crippen LogP contribution in [0.15, 0.2) is 12.1 Å². The van der Waals surface area contributed by atoms with Crippen LogP contribution in [0.3, 0.4) is 0 Å². The average molecular weight is 219 g/mol. The van der Waals surface area contributed by atoms with Gasteiger partial charge in [0.25, 0.3) is 0 Å². The maximum atomic E-state index is 13.3. The van der Waals surface area contributed by atoms with E-state index in [-0.39, 0.29) is 18.5 Å². The van der Waals surface area contributed by atoms with Crippen molar-refractivity contribution < 1.29 is 17.6 Å². The smallest absolute Gasteiger partial charge is 0.163 e. The van der Waals surface area contributed by atoms with Crippen molar-refractivity contribution in [3.05, 3.63) is 35.1 Å². The van der Waals surface area contributed by atoms with Crippen LogP contribution in [0.5, 0.6) is 0 Å². The van der Waals surface area contributed by atoms with E-state index >= 15 is 0 Å². The molecule has 5 heteroatoms. The summed E-state index contributed by atoms with van der Waals surface area (Å²) in [4.78, 5) is 0. The summed E-state index contributed by atoms with van der Waals surface area (Å²) in [7, 11) is 0. The van der Waals surface area contributed by atoms with Gasteiger partial charge in [-0.3, -0.25) is 0 Å². The van der Waals surface area contributed by atoms with Crippen molar-refractivity contribution in [3.63, 3.8) is 0 Å². The third kappa shape index (κ3) is 1.97. The fraction of sp³-hybridized carbons (Fsp3) is 0.400. The number of hydrogen-bond acceptors (Lipinski definition) is 1. The Morgan fingerprint density at radius 2 is 1.93 bits per heavy atom. The normalized spacial score (nSPS) is 25.9. The van der Waals surface area contributed by atoms with Gasteiger partial charge < -0.3 is 5.32 Å². The molecule has 1 aromatic rings. The highest BCUT2D eigenvalue weighted by Gasteiger charge is 2.28. The molecule has 1 nitrogen and oxygen atoms in total. The van der Waals surface area contributed by atoms with Crippen LogP contribution in [0.4, 0.5) is 17.6 Å². The van der Waals surface area contributed by atoms with Gasteiger partial charge in [0, 0.05) is 24.2 Å². The third-order valence-electron chi connectivity index (χ3n) is 2.47. The molecule has 1 aliphatic rings. The van der Waals surface area contributed by atoms with E-state index in [1.165, 1.54) is 0 Å². The number of hydrogen-bond donors (Lipinski definition) is 1. The van der Waals surface area contributed by atoms with Gasteiger partial charge in [0.2, 0.25) is 0 Å². The van der Waals surface area contributed by atoms with E-state index in [0.29, 0.717) is 6.07 Å². The van der Waals surface area contributed by atoms with Crippen LogP contribution in [0.1, 0.15) is 18.0 Å². The number of alkyl halides is 1. The maximum Gasteiger partial charge on any atom is 0.163 e. The fourth-order valence-electron chi connectivity index (χ4n) is 1.76. The predicted octanol–water partition coefficient (Wildman–Crippen LogP) is 2.48. The quantitative estimate of drug-likeness (QED) is 0.565. The Bertz CT molecular complexity index is 380. The van der Waals surface area contributed by atoms with E-state index in [9.17, 15) is 17.6 Å². The summed E-state index contributed by atoms with van der Waals surface area (Å²) in [6, 6.07) is 0.722. The summed E-state index contributed by atoms with van der Waals surface area (Å²) in [5.41, 5.74) is -0.146. The van der Waals surface area contributed by atoms with Crippen LogP contribution < -0.4 is 5.32 Å². The molecule has 0 spiro atoms. The van der Waals surface area contributed by atoms with Crippen molar-refractivity contribution in [2.75, 3.05) is 6.54 Å². The van der Waals surface area contributed by atoms with Crippen LogP contribution in [-0.2, 0) is 0 Å². The highest BCUT2D eigenvalue weighted by Crippen LogP contribution is 2.28.